The SMILES string of the molecule is CC(NP(=O)(Cl)Oc1ccc(Cl)cc1)C(=O)OCc1ccccc1. The van der Waals surface area contributed by atoms with Crippen LogP contribution in [-0.2, 0) is 20.7 Å². The normalized spacial score (nSPS) is 14.5. The number of benzene rings is 2. The number of carbonyl (C=O) groups excluding carboxylic acids is 1. The van der Waals surface area contributed by atoms with Crippen molar-refractivity contribution in [3.05, 3.63) is 65.2 Å². The first-order chi connectivity index (χ1) is 11.4. The topological polar surface area (TPSA) is 64.6 Å². The average Bonchev–Trinajstić information content (AvgIpc) is 2.55. The van der Waals surface area contributed by atoms with Crippen molar-refractivity contribution in [2.75, 3.05) is 0 Å². The Labute approximate surface area is 150 Å². The van der Waals surface area contributed by atoms with Gasteiger partial charge in [0.1, 0.15) is 18.4 Å². The summed E-state index contributed by atoms with van der Waals surface area (Å²) in [4.78, 5) is 12.0. The van der Waals surface area contributed by atoms with Crippen LogP contribution in [0.4, 0.5) is 0 Å². The minimum Gasteiger partial charge on any atom is -0.460 e. The quantitative estimate of drug-likeness (QED) is 0.546. The first-order valence-electron chi connectivity index (χ1n) is 7.09. The highest BCUT2D eigenvalue weighted by Gasteiger charge is 2.28. The molecule has 24 heavy (non-hydrogen) atoms. The lowest BCUT2D eigenvalue weighted by atomic mass is 10.2. The smallest absolute Gasteiger partial charge is 0.409 e. The predicted octanol–water partition coefficient (Wildman–Crippen LogP) is 4.79. The van der Waals surface area contributed by atoms with E-state index in [1.54, 1.807) is 12.1 Å². The Morgan fingerprint density at radius 3 is 2.42 bits per heavy atom. The highest BCUT2D eigenvalue weighted by atomic mass is 35.7. The van der Waals surface area contributed by atoms with Crippen LogP contribution in [0.1, 0.15) is 12.5 Å². The molecule has 2 unspecified atom stereocenters. The molecule has 2 rings (SSSR count). The summed E-state index contributed by atoms with van der Waals surface area (Å²) in [6, 6.07) is 14.5. The number of rotatable bonds is 7. The fourth-order valence-electron chi connectivity index (χ4n) is 1.80. The summed E-state index contributed by atoms with van der Waals surface area (Å²) in [6.07, 6.45) is 0. The van der Waals surface area contributed by atoms with Crippen LogP contribution in [-0.4, -0.2) is 12.0 Å². The molecule has 0 fully saturated rings. The van der Waals surface area contributed by atoms with Gasteiger partial charge in [-0.05, 0) is 36.8 Å². The molecule has 2 atom stereocenters. The van der Waals surface area contributed by atoms with E-state index >= 15 is 0 Å². The molecular weight excluding hydrogens is 372 g/mol. The van der Waals surface area contributed by atoms with Gasteiger partial charge in [-0.3, -0.25) is 4.79 Å². The summed E-state index contributed by atoms with van der Waals surface area (Å²) >= 11 is 11.6. The second-order valence-corrected chi connectivity index (χ2v) is 8.14. The average molecular weight is 388 g/mol. The Morgan fingerprint density at radius 2 is 1.79 bits per heavy atom. The van der Waals surface area contributed by atoms with Crippen molar-refractivity contribution in [2.24, 2.45) is 0 Å². The molecule has 0 bridgehead atoms. The highest BCUT2D eigenvalue weighted by Crippen LogP contribution is 2.48. The zero-order valence-corrected chi connectivity index (χ0v) is 15.2. The maximum Gasteiger partial charge on any atom is 0.409 e. The zero-order chi connectivity index (χ0) is 17.6. The summed E-state index contributed by atoms with van der Waals surface area (Å²) in [5.74, 6) is -0.311. The standard InChI is InChI=1S/C16H16Cl2NO4P/c1-12(16(20)22-11-13-5-3-2-4-6-13)19-24(18,21)23-15-9-7-14(17)8-10-15/h2-10,12H,11H2,1H3,(H,19,21). The van der Waals surface area contributed by atoms with Crippen LogP contribution in [0, 0.1) is 0 Å². The number of halogens is 2. The van der Waals surface area contributed by atoms with Gasteiger partial charge in [0, 0.05) is 16.3 Å². The molecule has 0 heterocycles. The minimum atomic E-state index is -3.76. The molecule has 2 aromatic carbocycles. The number of hydrogen-bond acceptors (Lipinski definition) is 4. The van der Waals surface area contributed by atoms with E-state index in [1.807, 2.05) is 30.3 Å². The van der Waals surface area contributed by atoms with Crippen molar-refractivity contribution in [2.45, 2.75) is 19.6 Å². The lowest BCUT2D eigenvalue weighted by Gasteiger charge is -2.18. The Bertz CT molecular complexity index is 725. The predicted molar refractivity (Wildman–Crippen MR) is 94.4 cm³/mol. The fourth-order valence-corrected chi connectivity index (χ4v) is 3.61. The maximum absolute atomic E-state index is 12.2. The van der Waals surface area contributed by atoms with Crippen molar-refractivity contribution in [1.82, 2.24) is 5.09 Å². The van der Waals surface area contributed by atoms with Gasteiger partial charge >= 0.3 is 12.8 Å². The van der Waals surface area contributed by atoms with Gasteiger partial charge in [0.05, 0.1) is 0 Å². The molecule has 0 aliphatic heterocycles. The molecule has 0 aliphatic carbocycles. The number of nitrogens with one attached hydrogen (secondary N) is 1. The number of carbonyl (C=O) groups is 1. The molecule has 128 valence electrons. The number of ether oxygens (including phenoxy) is 1. The van der Waals surface area contributed by atoms with E-state index in [9.17, 15) is 9.36 Å². The van der Waals surface area contributed by atoms with E-state index in [1.165, 1.54) is 19.1 Å². The Hall–Kier alpha value is -1.52. The third kappa shape index (κ3) is 6.17. The monoisotopic (exact) mass is 387 g/mol. The summed E-state index contributed by atoms with van der Waals surface area (Å²) in [7, 11) is 0. The molecule has 0 saturated heterocycles. The summed E-state index contributed by atoms with van der Waals surface area (Å²) in [5.41, 5.74) is 0.851. The first-order valence-corrected chi connectivity index (χ1v) is 10.00. The molecule has 1 N–H and O–H groups in total. The molecule has 0 amide bonds. The van der Waals surface area contributed by atoms with E-state index in [-0.39, 0.29) is 12.4 Å². The van der Waals surface area contributed by atoms with Crippen LogP contribution in [0.25, 0.3) is 0 Å². The lowest BCUT2D eigenvalue weighted by Crippen LogP contribution is -2.33. The summed E-state index contributed by atoms with van der Waals surface area (Å²) in [5, 5.41) is 2.96. The molecule has 0 spiro atoms. The van der Waals surface area contributed by atoms with Gasteiger partial charge in [-0.2, -0.15) is 0 Å². The largest absolute Gasteiger partial charge is 0.460 e. The van der Waals surface area contributed by atoms with Crippen molar-refractivity contribution < 1.29 is 18.6 Å². The second-order valence-electron chi connectivity index (χ2n) is 4.97. The third-order valence-electron chi connectivity index (χ3n) is 2.96. The minimum absolute atomic E-state index is 0.121. The molecule has 0 aromatic heterocycles. The molecule has 2 aromatic rings. The van der Waals surface area contributed by atoms with Crippen molar-refractivity contribution >= 4 is 35.7 Å². The second kappa shape index (κ2) is 8.54. The molecule has 0 aliphatic rings. The Balaban J connectivity index is 1.87. The van der Waals surface area contributed by atoms with Gasteiger partial charge in [0.25, 0.3) is 0 Å². The van der Waals surface area contributed by atoms with E-state index in [0.717, 1.165) is 5.56 Å². The lowest BCUT2D eigenvalue weighted by molar-refractivity contribution is -0.146. The van der Waals surface area contributed by atoms with Crippen LogP contribution < -0.4 is 9.61 Å². The van der Waals surface area contributed by atoms with Crippen molar-refractivity contribution in [3.8, 4) is 5.75 Å². The van der Waals surface area contributed by atoms with Gasteiger partial charge in [0.2, 0.25) is 0 Å². The highest BCUT2D eigenvalue weighted by molar-refractivity contribution is 7.84. The van der Waals surface area contributed by atoms with Crippen LogP contribution in [0.3, 0.4) is 0 Å². The zero-order valence-electron chi connectivity index (χ0n) is 12.8. The van der Waals surface area contributed by atoms with E-state index < -0.39 is 18.9 Å². The van der Waals surface area contributed by atoms with Gasteiger partial charge in [-0.15, -0.1) is 0 Å². The Morgan fingerprint density at radius 1 is 1.17 bits per heavy atom. The third-order valence-corrected chi connectivity index (χ3v) is 4.85. The molecule has 5 nitrogen and oxygen atoms in total. The van der Waals surface area contributed by atoms with E-state index in [4.69, 9.17) is 32.1 Å². The van der Waals surface area contributed by atoms with Gasteiger partial charge in [0.15, 0.2) is 0 Å². The van der Waals surface area contributed by atoms with Gasteiger partial charge in [-0.25, -0.2) is 9.65 Å². The molecular formula is C16H16Cl2NO4P. The summed E-state index contributed by atoms with van der Waals surface area (Å²) in [6.45, 7) is -2.14. The van der Waals surface area contributed by atoms with Crippen LogP contribution in [0.15, 0.2) is 54.6 Å². The fraction of sp³-hybridized carbons (Fsp3) is 0.188. The first kappa shape index (κ1) is 18.8. The molecule has 0 saturated carbocycles. The molecule has 8 heteroatoms. The molecule has 0 radical (unpaired) electrons. The maximum atomic E-state index is 12.2. The van der Waals surface area contributed by atoms with Crippen molar-refractivity contribution in [3.63, 3.8) is 0 Å². The Kier molecular flexibility index (Phi) is 6.69. The van der Waals surface area contributed by atoms with Crippen LogP contribution >= 0.6 is 29.7 Å². The van der Waals surface area contributed by atoms with Gasteiger partial charge in [-0.1, -0.05) is 41.9 Å². The number of hydrogen-bond donors (Lipinski definition) is 1. The van der Waals surface area contributed by atoms with Crippen molar-refractivity contribution in [1.29, 1.82) is 0 Å². The van der Waals surface area contributed by atoms with Crippen LogP contribution in [0.5, 0.6) is 5.75 Å². The number of esters is 1. The van der Waals surface area contributed by atoms with E-state index in [0.29, 0.717) is 5.02 Å². The van der Waals surface area contributed by atoms with E-state index in [2.05, 4.69) is 5.09 Å². The van der Waals surface area contributed by atoms with Gasteiger partial charge < -0.3 is 9.26 Å². The van der Waals surface area contributed by atoms with Crippen LogP contribution in [0.2, 0.25) is 5.02 Å². The summed E-state index contributed by atoms with van der Waals surface area (Å²) < 4.78 is 22.6.